The molecule has 0 aliphatic carbocycles. The SMILES string of the molecule is CON(C)C(=O)C(Cc1ccccc1)S(=O)(=O)c1ccccc1. The Morgan fingerprint density at radius 3 is 2.09 bits per heavy atom. The van der Waals surface area contributed by atoms with Crippen LogP contribution in [0.25, 0.3) is 0 Å². The molecular weight excluding hydrogens is 314 g/mol. The number of amides is 1. The van der Waals surface area contributed by atoms with E-state index in [-0.39, 0.29) is 11.3 Å². The highest BCUT2D eigenvalue weighted by molar-refractivity contribution is 7.92. The van der Waals surface area contributed by atoms with Crippen LogP contribution in [0.1, 0.15) is 5.56 Å². The van der Waals surface area contributed by atoms with E-state index in [1.165, 1.54) is 26.3 Å². The lowest BCUT2D eigenvalue weighted by Gasteiger charge is -2.22. The minimum absolute atomic E-state index is 0.0879. The predicted octanol–water partition coefficient (Wildman–Crippen LogP) is 2.09. The highest BCUT2D eigenvalue weighted by Crippen LogP contribution is 2.21. The Morgan fingerprint density at radius 2 is 1.57 bits per heavy atom. The summed E-state index contributed by atoms with van der Waals surface area (Å²) in [7, 11) is -1.10. The second-order valence-corrected chi connectivity index (χ2v) is 7.19. The second kappa shape index (κ2) is 7.39. The number of rotatable bonds is 6. The first-order chi connectivity index (χ1) is 11.0. The molecule has 0 fully saturated rings. The summed E-state index contributed by atoms with van der Waals surface area (Å²) < 4.78 is 25.8. The Kier molecular flexibility index (Phi) is 5.52. The molecule has 0 aliphatic heterocycles. The summed E-state index contributed by atoms with van der Waals surface area (Å²) in [6.45, 7) is 0. The van der Waals surface area contributed by atoms with Crippen molar-refractivity contribution in [3.8, 4) is 0 Å². The van der Waals surface area contributed by atoms with Gasteiger partial charge in [0.15, 0.2) is 15.1 Å². The molecule has 0 aromatic heterocycles. The first kappa shape index (κ1) is 17.2. The zero-order valence-electron chi connectivity index (χ0n) is 13.0. The Labute approximate surface area is 136 Å². The van der Waals surface area contributed by atoms with Gasteiger partial charge < -0.3 is 0 Å². The van der Waals surface area contributed by atoms with E-state index in [9.17, 15) is 13.2 Å². The van der Waals surface area contributed by atoms with Crippen molar-refractivity contribution in [2.45, 2.75) is 16.6 Å². The summed E-state index contributed by atoms with van der Waals surface area (Å²) >= 11 is 0. The molecule has 0 N–H and O–H groups in total. The molecule has 0 bridgehead atoms. The van der Waals surface area contributed by atoms with Crippen LogP contribution in [-0.2, 0) is 25.9 Å². The molecule has 0 saturated carbocycles. The maximum absolute atomic E-state index is 12.9. The van der Waals surface area contributed by atoms with Crippen molar-refractivity contribution in [3.05, 3.63) is 66.2 Å². The molecule has 0 aliphatic rings. The van der Waals surface area contributed by atoms with E-state index in [1.807, 2.05) is 18.2 Å². The van der Waals surface area contributed by atoms with Crippen LogP contribution in [0.2, 0.25) is 0 Å². The van der Waals surface area contributed by atoms with Gasteiger partial charge in [-0.3, -0.25) is 9.63 Å². The fourth-order valence-corrected chi connectivity index (χ4v) is 3.92. The van der Waals surface area contributed by atoms with E-state index in [1.54, 1.807) is 30.3 Å². The smallest absolute Gasteiger partial charge is 0.264 e. The number of hydroxylamine groups is 2. The number of carbonyl (C=O) groups excluding carboxylic acids is 1. The molecule has 0 radical (unpaired) electrons. The Hall–Kier alpha value is -2.18. The molecule has 2 aromatic rings. The largest absolute Gasteiger partial charge is 0.275 e. The van der Waals surface area contributed by atoms with Crippen molar-refractivity contribution in [2.24, 2.45) is 0 Å². The Bertz CT molecular complexity index is 745. The molecule has 1 unspecified atom stereocenters. The number of hydrogen-bond donors (Lipinski definition) is 0. The highest BCUT2D eigenvalue weighted by Gasteiger charge is 2.36. The molecule has 1 amide bonds. The van der Waals surface area contributed by atoms with Gasteiger partial charge in [-0.15, -0.1) is 0 Å². The summed E-state index contributed by atoms with van der Waals surface area (Å²) in [5.41, 5.74) is 0.773. The molecule has 1 atom stereocenters. The molecule has 0 spiro atoms. The second-order valence-electron chi connectivity index (χ2n) is 5.05. The normalized spacial score (nSPS) is 12.6. The lowest BCUT2D eigenvalue weighted by molar-refractivity contribution is -0.168. The van der Waals surface area contributed by atoms with E-state index >= 15 is 0 Å². The van der Waals surface area contributed by atoms with Crippen molar-refractivity contribution in [1.29, 1.82) is 0 Å². The van der Waals surface area contributed by atoms with Crippen LogP contribution in [0.3, 0.4) is 0 Å². The van der Waals surface area contributed by atoms with Crippen molar-refractivity contribution in [3.63, 3.8) is 0 Å². The van der Waals surface area contributed by atoms with Crippen LogP contribution in [0.4, 0.5) is 0 Å². The third kappa shape index (κ3) is 3.97. The van der Waals surface area contributed by atoms with Crippen LogP contribution in [0.15, 0.2) is 65.6 Å². The summed E-state index contributed by atoms with van der Waals surface area (Å²) in [4.78, 5) is 17.5. The molecule has 0 heterocycles. The fraction of sp³-hybridized carbons (Fsp3) is 0.235. The lowest BCUT2D eigenvalue weighted by atomic mass is 10.1. The Balaban J connectivity index is 2.43. The van der Waals surface area contributed by atoms with Gasteiger partial charge in [-0.05, 0) is 24.1 Å². The summed E-state index contributed by atoms with van der Waals surface area (Å²) in [5.74, 6) is -0.597. The number of benzene rings is 2. The first-order valence-electron chi connectivity index (χ1n) is 7.11. The van der Waals surface area contributed by atoms with Crippen LogP contribution >= 0.6 is 0 Å². The minimum atomic E-state index is -3.82. The van der Waals surface area contributed by atoms with Gasteiger partial charge in [0.1, 0.15) is 0 Å². The Morgan fingerprint density at radius 1 is 1.04 bits per heavy atom. The predicted molar refractivity (Wildman–Crippen MR) is 87.3 cm³/mol. The molecular formula is C17H19NO4S. The first-order valence-corrected chi connectivity index (χ1v) is 8.66. The number of hydrogen-bond acceptors (Lipinski definition) is 4. The molecule has 23 heavy (non-hydrogen) atoms. The third-order valence-corrected chi connectivity index (χ3v) is 5.62. The van der Waals surface area contributed by atoms with E-state index < -0.39 is 21.0 Å². The zero-order chi connectivity index (χ0) is 16.9. The lowest BCUT2D eigenvalue weighted by Crippen LogP contribution is -2.42. The van der Waals surface area contributed by atoms with E-state index in [0.29, 0.717) is 0 Å². The van der Waals surface area contributed by atoms with Crippen LogP contribution in [-0.4, -0.2) is 38.8 Å². The summed E-state index contributed by atoms with van der Waals surface area (Å²) in [6.07, 6.45) is 0.0879. The van der Waals surface area contributed by atoms with E-state index in [0.717, 1.165) is 10.6 Å². The van der Waals surface area contributed by atoms with Crippen molar-refractivity contribution >= 4 is 15.7 Å². The standard InChI is InChI=1S/C17H19NO4S/c1-18(22-2)17(19)16(13-14-9-5-3-6-10-14)23(20,21)15-11-7-4-8-12-15/h3-12,16H,13H2,1-2H3. The topological polar surface area (TPSA) is 63.7 Å². The third-order valence-electron chi connectivity index (χ3n) is 3.57. The quantitative estimate of drug-likeness (QED) is 0.760. The molecule has 5 nitrogen and oxygen atoms in total. The maximum atomic E-state index is 12.9. The fourth-order valence-electron chi connectivity index (χ4n) is 2.23. The van der Waals surface area contributed by atoms with Crippen LogP contribution < -0.4 is 0 Å². The van der Waals surface area contributed by atoms with Gasteiger partial charge in [0.25, 0.3) is 5.91 Å². The van der Waals surface area contributed by atoms with Gasteiger partial charge in [-0.2, -0.15) is 0 Å². The zero-order valence-corrected chi connectivity index (χ0v) is 13.9. The van der Waals surface area contributed by atoms with Crippen molar-refractivity contribution in [2.75, 3.05) is 14.2 Å². The van der Waals surface area contributed by atoms with E-state index in [2.05, 4.69) is 0 Å². The monoisotopic (exact) mass is 333 g/mol. The molecule has 0 saturated heterocycles. The average Bonchev–Trinajstić information content (AvgIpc) is 2.60. The van der Waals surface area contributed by atoms with Crippen molar-refractivity contribution < 1.29 is 18.0 Å². The van der Waals surface area contributed by atoms with Crippen LogP contribution in [0.5, 0.6) is 0 Å². The number of sulfone groups is 1. The summed E-state index contributed by atoms with van der Waals surface area (Å²) in [5, 5.41) is -0.286. The van der Waals surface area contributed by atoms with Gasteiger partial charge in [0.2, 0.25) is 0 Å². The average molecular weight is 333 g/mol. The molecule has 2 rings (SSSR count). The van der Waals surface area contributed by atoms with Crippen LogP contribution in [0, 0.1) is 0 Å². The number of carbonyl (C=O) groups is 1. The number of nitrogens with zero attached hydrogens (tertiary/aromatic N) is 1. The van der Waals surface area contributed by atoms with Gasteiger partial charge in [-0.25, -0.2) is 13.5 Å². The summed E-state index contributed by atoms with van der Waals surface area (Å²) in [6, 6.07) is 17.1. The minimum Gasteiger partial charge on any atom is -0.275 e. The highest BCUT2D eigenvalue weighted by atomic mass is 32.2. The van der Waals surface area contributed by atoms with Gasteiger partial charge >= 0.3 is 0 Å². The van der Waals surface area contributed by atoms with Gasteiger partial charge in [0, 0.05) is 7.05 Å². The van der Waals surface area contributed by atoms with Crippen molar-refractivity contribution in [1.82, 2.24) is 5.06 Å². The van der Waals surface area contributed by atoms with Gasteiger partial charge in [0.05, 0.1) is 12.0 Å². The van der Waals surface area contributed by atoms with Gasteiger partial charge in [-0.1, -0.05) is 48.5 Å². The molecule has 122 valence electrons. The molecule has 6 heteroatoms. The van der Waals surface area contributed by atoms with E-state index in [4.69, 9.17) is 4.84 Å². The molecule has 2 aromatic carbocycles. The maximum Gasteiger partial charge on any atom is 0.264 e.